The molecule has 0 aliphatic carbocycles. The summed E-state index contributed by atoms with van der Waals surface area (Å²) < 4.78 is 0. The molecule has 2 aromatic carbocycles. The second-order valence-corrected chi connectivity index (χ2v) is 7.49. The van der Waals surface area contributed by atoms with Gasteiger partial charge in [-0.05, 0) is 38.6 Å². The van der Waals surface area contributed by atoms with Crippen LogP contribution in [0.2, 0.25) is 0 Å². The van der Waals surface area contributed by atoms with Crippen molar-refractivity contribution in [2.75, 3.05) is 33.2 Å². The van der Waals surface area contributed by atoms with Gasteiger partial charge in [0, 0.05) is 37.1 Å². The van der Waals surface area contributed by atoms with E-state index in [1.54, 1.807) is 0 Å². The molecule has 0 saturated carbocycles. The lowest BCUT2D eigenvalue weighted by atomic mass is 9.99. The number of likely N-dealkylation sites (N-methyl/N-ethyl adjacent to an activating group) is 1. The number of hydrogen-bond donors (Lipinski definition) is 0. The first kappa shape index (κ1) is 17.7. The molecule has 138 valence electrons. The highest BCUT2D eigenvalue weighted by molar-refractivity contribution is 6.07. The van der Waals surface area contributed by atoms with Gasteiger partial charge in [-0.25, -0.2) is 4.98 Å². The predicted octanol–water partition coefficient (Wildman–Crippen LogP) is 3.91. The number of aromatic nitrogens is 1. The van der Waals surface area contributed by atoms with Crippen molar-refractivity contribution in [3.63, 3.8) is 0 Å². The van der Waals surface area contributed by atoms with Crippen molar-refractivity contribution in [3.8, 4) is 11.3 Å². The molecule has 4 nitrogen and oxygen atoms in total. The Morgan fingerprint density at radius 1 is 0.963 bits per heavy atom. The van der Waals surface area contributed by atoms with Crippen LogP contribution in [-0.4, -0.2) is 53.9 Å². The molecule has 2 heterocycles. The second-order valence-electron chi connectivity index (χ2n) is 7.49. The van der Waals surface area contributed by atoms with Crippen molar-refractivity contribution in [2.45, 2.75) is 13.8 Å². The van der Waals surface area contributed by atoms with Gasteiger partial charge >= 0.3 is 0 Å². The Labute approximate surface area is 160 Å². The van der Waals surface area contributed by atoms with Crippen LogP contribution in [0.25, 0.3) is 22.2 Å². The zero-order valence-electron chi connectivity index (χ0n) is 16.2. The standard InChI is InChI=1S/C23H25N3O/c1-16-8-9-18(17(2)14-16)22-15-20(19-6-4-5-7-21(19)24-22)23(27)26-12-10-25(3)11-13-26/h4-9,14-15H,10-13H2,1-3H3. The van der Waals surface area contributed by atoms with E-state index < -0.39 is 0 Å². The highest BCUT2D eigenvalue weighted by atomic mass is 16.2. The Bertz CT molecular complexity index is 1000. The highest BCUT2D eigenvalue weighted by Gasteiger charge is 2.23. The molecule has 1 saturated heterocycles. The molecule has 1 aromatic heterocycles. The van der Waals surface area contributed by atoms with E-state index in [9.17, 15) is 4.79 Å². The molecule has 4 rings (SSSR count). The monoisotopic (exact) mass is 359 g/mol. The fourth-order valence-electron chi connectivity index (χ4n) is 3.77. The van der Waals surface area contributed by atoms with Crippen molar-refractivity contribution in [1.29, 1.82) is 0 Å². The van der Waals surface area contributed by atoms with Gasteiger partial charge < -0.3 is 9.80 Å². The average Bonchev–Trinajstić information content (AvgIpc) is 2.67. The van der Waals surface area contributed by atoms with Gasteiger partial charge in [-0.3, -0.25) is 4.79 Å². The molecule has 1 fully saturated rings. The van der Waals surface area contributed by atoms with Crippen molar-refractivity contribution < 1.29 is 4.79 Å². The molecular formula is C23H25N3O. The molecule has 0 spiro atoms. The van der Waals surface area contributed by atoms with E-state index in [1.807, 2.05) is 35.2 Å². The number of rotatable bonds is 2. The number of nitrogens with zero attached hydrogens (tertiary/aromatic N) is 3. The second kappa shape index (κ2) is 7.12. The van der Waals surface area contributed by atoms with Crippen LogP contribution in [0.4, 0.5) is 0 Å². The molecule has 27 heavy (non-hydrogen) atoms. The maximum absolute atomic E-state index is 13.3. The van der Waals surface area contributed by atoms with Crippen LogP contribution in [0.3, 0.4) is 0 Å². The lowest BCUT2D eigenvalue weighted by molar-refractivity contribution is 0.0666. The zero-order chi connectivity index (χ0) is 19.0. The van der Waals surface area contributed by atoms with Crippen molar-refractivity contribution in [3.05, 3.63) is 65.2 Å². The predicted molar refractivity (Wildman–Crippen MR) is 110 cm³/mol. The maximum atomic E-state index is 13.3. The molecule has 4 heteroatoms. The summed E-state index contributed by atoms with van der Waals surface area (Å²) >= 11 is 0. The van der Waals surface area contributed by atoms with Gasteiger partial charge in [-0.15, -0.1) is 0 Å². The van der Waals surface area contributed by atoms with Crippen LogP contribution >= 0.6 is 0 Å². The van der Waals surface area contributed by atoms with E-state index in [0.717, 1.165) is 53.9 Å². The molecule has 1 aliphatic rings. The molecule has 0 atom stereocenters. The summed E-state index contributed by atoms with van der Waals surface area (Å²) in [5.74, 6) is 0.104. The Morgan fingerprint density at radius 2 is 1.70 bits per heavy atom. The number of para-hydroxylation sites is 1. The summed E-state index contributed by atoms with van der Waals surface area (Å²) in [6.07, 6.45) is 0. The Balaban J connectivity index is 1.83. The number of hydrogen-bond acceptors (Lipinski definition) is 3. The Hall–Kier alpha value is -2.72. The normalized spacial score (nSPS) is 15.3. The van der Waals surface area contributed by atoms with E-state index in [-0.39, 0.29) is 5.91 Å². The van der Waals surface area contributed by atoms with Gasteiger partial charge in [0.1, 0.15) is 0 Å². The van der Waals surface area contributed by atoms with E-state index in [1.165, 1.54) is 11.1 Å². The van der Waals surface area contributed by atoms with Crippen LogP contribution in [0.5, 0.6) is 0 Å². The van der Waals surface area contributed by atoms with Crippen LogP contribution < -0.4 is 0 Å². The van der Waals surface area contributed by atoms with Gasteiger partial charge in [0.25, 0.3) is 5.91 Å². The lowest BCUT2D eigenvalue weighted by Crippen LogP contribution is -2.47. The van der Waals surface area contributed by atoms with Crippen LogP contribution in [0.1, 0.15) is 21.5 Å². The third kappa shape index (κ3) is 3.45. The lowest BCUT2D eigenvalue weighted by Gasteiger charge is -2.32. The minimum atomic E-state index is 0.104. The molecule has 1 aliphatic heterocycles. The molecule has 0 N–H and O–H groups in total. The number of pyridine rings is 1. The number of carbonyl (C=O) groups is 1. The van der Waals surface area contributed by atoms with Gasteiger partial charge in [-0.2, -0.15) is 0 Å². The molecule has 0 unspecified atom stereocenters. The van der Waals surface area contributed by atoms with Crippen molar-refractivity contribution in [2.24, 2.45) is 0 Å². The number of amides is 1. The first-order valence-corrected chi connectivity index (χ1v) is 9.48. The van der Waals surface area contributed by atoms with Crippen LogP contribution in [0, 0.1) is 13.8 Å². The minimum absolute atomic E-state index is 0.104. The largest absolute Gasteiger partial charge is 0.336 e. The van der Waals surface area contributed by atoms with Crippen LogP contribution in [0.15, 0.2) is 48.5 Å². The number of benzene rings is 2. The molecule has 3 aromatic rings. The number of piperazine rings is 1. The highest BCUT2D eigenvalue weighted by Crippen LogP contribution is 2.28. The first-order chi connectivity index (χ1) is 13.0. The summed E-state index contributed by atoms with van der Waals surface area (Å²) in [4.78, 5) is 22.4. The third-order valence-corrected chi connectivity index (χ3v) is 5.39. The number of fused-ring (bicyclic) bond motifs is 1. The smallest absolute Gasteiger partial charge is 0.254 e. The molecule has 1 amide bonds. The third-order valence-electron chi connectivity index (χ3n) is 5.39. The zero-order valence-corrected chi connectivity index (χ0v) is 16.2. The van der Waals surface area contributed by atoms with Gasteiger partial charge in [0.05, 0.1) is 16.8 Å². The van der Waals surface area contributed by atoms with Crippen LogP contribution in [-0.2, 0) is 0 Å². The number of aryl methyl sites for hydroxylation is 2. The summed E-state index contributed by atoms with van der Waals surface area (Å²) in [6.45, 7) is 7.56. The fraction of sp³-hybridized carbons (Fsp3) is 0.304. The summed E-state index contributed by atoms with van der Waals surface area (Å²) in [5, 5.41) is 0.926. The minimum Gasteiger partial charge on any atom is -0.336 e. The summed E-state index contributed by atoms with van der Waals surface area (Å²) in [6, 6.07) is 16.3. The maximum Gasteiger partial charge on any atom is 0.254 e. The topological polar surface area (TPSA) is 36.4 Å². The molecule has 0 radical (unpaired) electrons. The van der Waals surface area contributed by atoms with Crippen molar-refractivity contribution in [1.82, 2.24) is 14.8 Å². The van der Waals surface area contributed by atoms with Crippen molar-refractivity contribution >= 4 is 16.8 Å². The SMILES string of the molecule is Cc1ccc(-c2cc(C(=O)N3CCN(C)CC3)c3ccccc3n2)c(C)c1. The Kier molecular flexibility index (Phi) is 4.66. The summed E-state index contributed by atoms with van der Waals surface area (Å²) in [7, 11) is 2.10. The first-order valence-electron chi connectivity index (χ1n) is 9.48. The van der Waals surface area contributed by atoms with E-state index in [4.69, 9.17) is 4.98 Å². The number of carbonyl (C=O) groups excluding carboxylic acids is 1. The summed E-state index contributed by atoms with van der Waals surface area (Å²) in [5.41, 5.74) is 5.97. The molecule has 0 bridgehead atoms. The fourth-order valence-corrected chi connectivity index (χ4v) is 3.77. The average molecular weight is 359 g/mol. The quantitative estimate of drug-likeness (QED) is 0.696. The Morgan fingerprint density at radius 3 is 2.44 bits per heavy atom. The van der Waals surface area contributed by atoms with E-state index >= 15 is 0 Å². The van der Waals surface area contributed by atoms with E-state index in [2.05, 4.69) is 44.0 Å². The van der Waals surface area contributed by atoms with Gasteiger partial charge in [0.2, 0.25) is 0 Å². The van der Waals surface area contributed by atoms with Gasteiger partial charge in [0.15, 0.2) is 0 Å². The van der Waals surface area contributed by atoms with Gasteiger partial charge in [-0.1, -0.05) is 42.0 Å². The molecular weight excluding hydrogens is 334 g/mol. The van der Waals surface area contributed by atoms with E-state index in [0.29, 0.717) is 0 Å².